The molecule has 0 unspecified atom stereocenters. The molecule has 0 saturated carbocycles. The van der Waals surface area contributed by atoms with Gasteiger partial charge in [0.1, 0.15) is 4.90 Å². The van der Waals surface area contributed by atoms with Gasteiger partial charge in [-0.15, -0.1) is 0 Å². The van der Waals surface area contributed by atoms with E-state index in [1.165, 1.54) is 22.5 Å². The van der Waals surface area contributed by atoms with E-state index in [2.05, 4.69) is 10.6 Å². The molecule has 0 fully saturated rings. The van der Waals surface area contributed by atoms with Crippen LogP contribution in [-0.4, -0.2) is 39.9 Å². The van der Waals surface area contributed by atoms with E-state index in [4.69, 9.17) is 11.6 Å². The summed E-state index contributed by atoms with van der Waals surface area (Å²) in [6, 6.07) is 20.9. The molecule has 0 aromatic heterocycles. The lowest BCUT2D eigenvalue weighted by Gasteiger charge is -2.20. The lowest BCUT2D eigenvalue weighted by molar-refractivity contribution is -0.120. The highest BCUT2D eigenvalue weighted by Gasteiger charge is 2.32. The minimum atomic E-state index is -3.94. The van der Waals surface area contributed by atoms with E-state index in [1.54, 1.807) is 12.1 Å². The summed E-state index contributed by atoms with van der Waals surface area (Å²) >= 11 is 6.23. The van der Waals surface area contributed by atoms with Crippen molar-refractivity contribution in [3.63, 3.8) is 0 Å². The number of nitrogens with zero attached hydrogens (tertiary/aromatic N) is 1. The fraction of sp³-hybridized carbons (Fsp3) is 0.200. The summed E-state index contributed by atoms with van der Waals surface area (Å²) < 4.78 is 28.0. The largest absolute Gasteiger partial charge is 0.354 e. The number of rotatable bonds is 8. The molecule has 0 atom stereocenters. The first-order valence-corrected chi connectivity index (χ1v) is 12.7. The summed E-state index contributed by atoms with van der Waals surface area (Å²) in [6.45, 7) is 0.765. The second kappa shape index (κ2) is 10.3. The number of sulfonamides is 1. The Bertz CT molecular complexity index is 1310. The smallest absolute Gasteiger partial charge is 0.265 e. The van der Waals surface area contributed by atoms with E-state index in [-0.39, 0.29) is 40.9 Å². The normalized spacial score (nSPS) is 12.8. The summed E-state index contributed by atoms with van der Waals surface area (Å²) in [6.07, 6.45) is 0.871. The van der Waals surface area contributed by atoms with E-state index in [0.717, 1.165) is 11.1 Å². The van der Waals surface area contributed by atoms with Gasteiger partial charge in [-0.1, -0.05) is 60.1 Å². The maximum Gasteiger partial charge on any atom is 0.265 e. The number of para-hydroxylation sites is 1. The molecule has 9 heteroatoms. The molecule has 3 aromatic rings. The van der Waals surface area contributed by atoms with Crippen molar-refractivity contribution >= 4 is 39.1 Å². The lowest BCUT2D eigenvalue weighted by Crippen LogP contribution is -2.35. The topological polar surface area (TPSA) is 95.6 Å². The van der Waals surface area contributed by atoms with Crippen LogP contribution in [0.25, 0.3) is 0 Å². The van der Waals surface area contributed by atoms with Gasteiger partial charge in [0, 0.05) is 25.2 Å². The molecule has 0 aliphatic carbocycles. The van der Waals surface area contributed by atoms with Crippen molar-refractivity contribution in [3.8, 4) is 0 Å². The molecule has 0 radical (unpaired) electrons. The molecule has 34 heavy (non-hydrogen) atoms. The number of amides is 2. The Morgan fingerprint density at radius 1 is 0.912 bits per heavy atom. The average Bonchev–Trinajstić information content (AvgIpc) is 3.28. The van der Waals surface area contributed by atoms with Crippen molar-refractivity contribution in [2.24, 2.45) is 0 Å². The zero-order valence-electron chi connectivity index (χ0n) is 18.3. The number of carbonyl (C=O) groups excluding carboxylic acids is 2. The van der Waals surface area contributed by atoms with Crippen molar-refractivity contribution in [1.82, 2.24) is 10.6 Å². The van der Waals surface area contributed by atoms with E-state index >= 15 is 0 Å². The second-order valence-corrected chi connectivity index (χ2v) is 10.1. The van der Waals surface area contributed by atoms with Crippen molar-refractivity contribution in [1.29, 1.82) is 0 Å². The number of nitrogens with one attached hydrogen (secondary N) is 2. The van der Waals surface area contributed by atoms with Crippen LogP contribution in [0.4, 0.5) is 5.69 Å². The number of hydrogen-bond donors (Lipinski definition) is 2. The molecule has 1 aliphatic rings. The van der Waals surface area contributed by atoms with Gasteiger partial charge >= 0.3 is 0 Å². The molecular weight excluding hydrogens is 474 g/mol. The maximum absolute atomic E-state index is 13.3. The summed E-state index contributed by atoms with van der Waals surface area (Å²) in [5.41, 5.74) is 2.65. The van der Waals surface area contributed by atoms with Crippen molar-refractivity contribution < 1.29 is 18.0 Å². The molecule has 176 valence electrons. The minimum absolute atomic E-state index is 0.0501. The van der Waals surface area contributed by atoms with Gasteiger partial charge < -0.3 is 10.6 Å². The number of benzene rings is 3. The number of hydrogen-bond acceptors (Lipinski definition) is 4. The van der Waals surface area contributed by atoms with Crippen molar-refractivity contribution in [3.05, 3.63) is 94.5 Å². The van der Waals surface area contributed by atoms with Gasteiger partial charge in [-0.3, -0.25) is 13.9 Å². The Kier molecular flexibility index (Phi) is 7.19. The van der Waals surface area contributed by atoms with Gasteiger partial charge in [0.25, 0.3) is 15.9 Å². The molecule has 2 N–H and O–H groups in total. The molecule has 0 bridgehead atoms. The zero-order valence-corrected chi connectivity index (χ0v) is 19.9. The molecule has 1 aliphatic heterocycles. The van der Waals surface area contributed by atoms with Crippen LogP contribution in [0.5, 0.6) is 0 Å². The predicted octanol–water partition coefficient (Wildman–Crippen LogP) is 3.18. The second-order valence-electron chi connectivity index (χ2n) is 7.87. The third-order valence-corrected chi connectivity index (χ3v) is 7.84. The Labute approximate surface area is 203 Å². The van der Waals surface area contributed by atoms with Crippen molar-refractivity contribution in [2.45, 2.75) is 17.7 Å². The van der Waals surface area contributed by atoms with E-state index in [9.17, 15) is 18.0 Å². The molecule has 2 amide bonds. The van der Waals surface area contributed by atoms with Gasteiger partial charge in [0.15, 0.2) is 0 Å². The predicted molar refractivity (Wildman–Crippen MR) is 132 cm³/mol. The Morgan fingerprint density at radius 2 is 1.62 bits per heavy atom. The highest BCUT2D eigenvalue weighted by molar-refractivity contribution is 7.93. The molecule has 0 saturated heterocycles. The SMILES string of the molecule is O=C(Cc1ccccc1)NCCNC(=O)c1ccc(Cl)c(S(=O)(=O)N2CCc3ccccc32)c1. The minimum Gasteiger partial charge on any atom is -0.354 e. The van der Waals surface area contributed by atoms with Crippen LogP contribution < -0.4 is 14.9 Å². The van der Waals surface area contributed by atoms with Gasteiger partial charge in [0.2, 0.25) is 5.91 Å². The molecule has 1 heterocycles. The molecular formula is C25H24ClN3O4S. The van der Waals surface area contributed by atoms with Crippen LogP contribution in [0, 0.1) is 0 Å². The summed E-state index contributed by atoms with van der Waals surface area (Å²) in [5, 5.41) is 5.50. The highest BCUT2D eigenvalue weighted by Crippen LogP contribution is 2.35. The van der Waals surface area contributed by atoms with Gasteiger partial charge in [0.05, 0.1) is 17.1 Å². The Morgan fingerprint density at radius 3 is 2.41 bits per heavy atom. The third kappa shape index (κ3) is 5.24. The van der Waals surface area contributed by atoms with E-state index in [1.807, 2.05) is 42.5 Å². The standard InChI is InChI=1S/C25H24ClN3O4S/c26-21-11-10-20(25(31)28-14-13-27-24(30)16-18-6-2-1-3-7-18)17-23(21)34(32,33)29-15-12-19-8-4-5-9-22(19)29/h1-11,17H,12-16H2,(H,27,30)(H,28,31). The fourth-order valence-corrected chi connectivity index (χ4v) is 5.85. The maximum atomic E-state index is 13.3. The monoisotopic (exact) mass is 497 g/mol. The molecule has 0 spiro atoms. The summed E-state index contributed by atoms with van der Waals surface area (Å²) in [7, 11) is -3.94. The van der Waals surface area contributed by atoms with Crippen molar-refractivity contribution in [2.75, 3.05) is 23.9 Å². The van der Waals surface area contributed by atoms with Crippen LogP contribution >= 0.6 is 11.6 Å². The fourth-order valence-electron chi connectivity index (χ4n) is 3.84. The molecule has 4 rings (SSSR count). The van der Waals surface area contributed by atoms with Crippen LogP contribution in [0.3, 0.4) is 0 Å². The number of fused-ring (bicyclic) bond motifs is 1. The van der Waals surface area contributed by atoms with E-state index < -0.39 is 15.9 Å². The first-order chi connectivity index (χ1) is 16.4. The molecule has 7 nitrogen and oxygen atoms in total. The number of carbonyl (C=O) groups is 2. The highest BCUT2D eigenvalue weighted by atomic mass is 35.5. The third-order valence-electron chi connectivity index (χ3n) is 5.55. The first-order valence-electron chi connectivity index (χ1n) is 10.9. The van der Waals surface area contributed by atoms with Gasteiger partial charge in [-0.25, -0.2) is 8.42 Å². The molecule has 3 aromatic carbocycles. The zero-order chi connectivity index (χ0) is 24.1. The van der Waals surface area contributed by atoms with Crippen LogP contribution in [-0.2, 0) is 27.7 Å². The van der Waals surface area contributed by atoms with Crippen LogP contribution in [0.15, 0.2) is 77.7 Å². The lowest BCUT2D eigenvalue weighted by atomic mass is 10.1. The van der Waals surface area contributed by atoms with Crippen LogP contribution in [0.1, 0.15) is 21.5 Å². The van der Waals surface area contributed by atoms with Gasteiger partial charge in [-0.2, -0.15) is 0 Å². The van der Waals surface area contributed by atoms with E-state index in [0.29, 0.717) is 18.7 Å². The number of anilines is 1. The first kappa shape index (κ1) is 23.8. The van der Waals surface area contributed by atoms with Gasteiger partial charge in [-0.05, 0) is 41.8 Å². The Balaban J connectivity index is 1.38. The Hall–Kier alpha value is -3.36. The number of halogens is 1. The average molecular weight is 498 g/mol. The van der Waals surface area contributed by atoms with Crippen LogP contribution in [0.2, 0.25) is 5.02 Å². The quantitative estimate of drug-likeness (QED) is 0.467. The summed E-state index contributed by atoms with van der Waals surface area (Å²) in [4.78, 5) is 24.5. The summed E-state index contributed by atoms with van der Waals surface area (Å²) in [5.74, 6) is -0.599.